The molecule has 1 saturated heterocycles. The van der Waals surface area contributed by atoms with Crippen molar-refractivity contribution in [1.82, 2.24) is 14.8 Å². The number of allylic oxidation sites excluding steroid dienone is 1. The number of ketones is 1. The number of aliphatic carboxylic acids is 1. The number of piperazine rings is 1. The van der Waals surface area contributed by atoms with Gasteiger partial charge in [-0.15, -0.1) is 0 Å². The van der Waals surface area contributed by atoms with Crippen molar-refractivity contribution < 1.29 is 24.6 Å². The summed E-state index contributed by atoms with van der Waals surface area (Å²) >= 11 is 0. The summed E-state index contributed by atoms with van der Waals surface area (Å²) in [4.78, 5) is 41.6. The highest BCUT2D eigenvalue weighted by Crippen LogP contribution is 2.12. The fourth-order valence-electron chi connectivity index (χ4n) is 3.17. The van der Waals surface area contributed by atoms with Crippen LogP contribution in [0.5, 0.6) is 0 Å². The number of aromatic nitrogens is 1. The van der Waals surface area contributed by atoms with E-state index < -0.39 is 12.1 Å². The Morgan fingerprint density at radius 3 is 2.19 bits per heavy atom. The molecule has 1 amide bonds. The van der Waals surface area contributed by atoms with Gasteiger partial charge in [0.2, 0.25) is 0 Å². The zero-order valence-corrected chi connectivity index (χ0v) is 16.8. The maximum Gasteiger partial charge on any atom is 0.407 e. The first kappa shape index (κ1) is 21.9. The monoisotopic (exact) mass is 421 g/mol. The summed E-state index contributed by atoms with van der Waals surface area (Å²) in [6.45, 7) is 3.10. The molecule has 1 fully saturated rings. The molecule has 160 valence electrons. The standard InChI is InChI=1S/C23H23N3O5/c27-21(9-4-17-3-7-20(24-15-17)8-10-22(28)29)19-5-1-18(2-6-19)16-25-11-13-26(14-12-25)23(30)31/h1-10,15H,11-14,16H2,(H,28,29)(H,30,31)/b9-4+,10-8+. The number of nitrogens with zero attached hydrogens (tertiary/aromatic N) is 3. The lowest BCUT2D eigenvalue weighted by Crippen LogP contribution is -2.47. The number of carbonyl (C=O) groups is 3. The van der Waals surface area contributed by atoms with Crippen LogP contribution in [0.25, 0.3) is 12.2 Å². The molecule has 2 N–H and O–H groups in total. The average molecular weight is 421 g/mol. The molecule has 0 unspecified atom stereocenters. The van der Waals surface area contributed by atoms with Crippen LogP contribution in [0.4, 0.5) is 4.79 Å². The van der Waals surface area contributed by atoms with Gasteiger partial charge in [0.25, 0.3) is 0 Å². The molecule has 0 atom stereocenters. The number of carbonyl (C=O) groups excluding carboxylic acids is 1. The van der Waals surface area contributed by atoms with Crippen molar-refractivity contribution in [3.05, 3.63) is 77.1 Å². The van der Waals surface area contributed by atoms with Crippen molar-refractivity contribution in [1.29, 1.82) is 0 Å². The van der Waals surface area contributed by atoms with Gasteiger partial charge in [-0.3, -0.25) is 14.7 Å². The van der Waals surface area contributed by atoms with Crippen LogP contribution >= 0.6 is 0 Å². The topological polar surface area (TPSA) is 111 Å². The zero-order chi connectivity index (χ0) is 22.2. The van der Waals surface area contributed by atoms with E-state index in [4.69, 9.17) is 10.2 Å². The van der Waals surface area contributed by atoms with Crippen LogP contribution in [-0.4, -0.2) is 69.0 Å². The molecule has 1 aromatic heterocycles. The third kappa shape index (κ3) is 6.61. The van der Waals surface area contributed by atoms with Crippen LogP contribution in [0.1, 0.15) is 27.2 Å². The Kier molecular flexibility index (Phi) is 7.29. The van der Waals surface area contributed by atoms with E-state index in [9.17, 15) is 14.4 Å². The van der Waals surface area contributed by atoms with Crippen LogP contribution < -0.4 is 0 Å². The molecular formula is C23H23N3O5. The van der Waals surface area contributed by atoms with Gasteiger partial charge in [0.05, 0.1) is 5.69 Å². The van der Waals surface area contributed by atoms with Crippen LogP contribution in [0.3, 0.4) is 0 Å². The van der Waals surface area contributed by atoms with E-state index in [1.54, 1.807) is 36.5 Å². The third-order valence-corrected chi connectivity index (χ3v) is 4.92. The van der Waals surface area contributed by atoms with E-state index >= 15 is 0 Å². The van der Waals surface area contributed by atoms with Gasteiger partial charge < -0.3 is 15.1 Å². The molecule has 0 aliphatic carbocycles. The quantitative estimate of drug-likeness (QED) is 0.522. The van der Waals surface area contributed by atoms with Crippen LogP contribution in [0, 0.1) is 0 Å². The van der Waals surface area contributed by atoms with E-state index in [2.05, 4.69) is 9.88 Å². The van der Waals surface area contributed by atoms with E-state index in [1.165, 1.54) is 17.1 Å². The SMILES string of the molecule is O=C(O)/C=C/c1ccc(/C=C/C(=O)c2ccc(CN3CCN(C(=O)O)CC3)cc2)cn1. The summed E-state index contributed by atoms with van der Waals surface area (Å²) in [7, 11) is 0. The van der Waals surface area contributed by atoms with E-state index in [0.29, 0.717) is 44.0 Å². The molecule has 1 aliphatic rings. The highest BCUT2D eigenvalue weighted by Gasteiger charge is 2.20. The molecule has 0 saturated carbocycles. The number of hydrogen-bond donors (Lipinski definition) is 2. The molecule has 3 rings (SSSR count). The normalized spacial score (nSPS) is 14.9. The van der Waals surface area contributed by atoms with Gasteiger partial charge in [0, 0.05) is 50.6 Å². The molecule has 8 nitrogen and oxygen atoms in total. The van der Waals surface area contributed by atoms with E-state index in [0.717, 1.165) is 17.2 Å². The van der Waals surface area contributed by atoms with Crippen molar-refractivity contribution in [2.75, 3.05) is 26.2 Å². The molecule has 8 heteroatoms. The number of benzene rings is 1. The number of pyridine rings is 1. The Morgan fingerprint density at radius 1 is 0.903 bits per heavy atom. The van der Waals surface area contributed by atoms with Gasteiger partial charge in [0.1, 0.15) is 0 Å². The second kappa shape index (κ2) is 10.3. The van der Waals surface area contributed by atoms with E-state index in [1.807, 2.05) is 12.1 Å². The van der Waals surface area contributed by atoms with Crippen LogP contribution in [0.15, 0.2) is 54.7 Å². The first-order valence-corrected chi connectivity index (χ1v) is 9.79. The fraction of sp³-hybridized carbons (Fsp3) is 0.217. The van der Waals surface area contributed by atoms with Gasteiger partial charge in [-0.2, -0.15) is 0 Å². The highest BCUT2D eigenvalue weighted by molar-refractivity contribution is 6.06. The molecule has 0 spiro atoms. The molecule has 31 heavy (non-hydrogen) atoms. The second-order valence-electron chi connectivity index (χ2n) is 7.13. The summed E-state index contributed by atoms with van der Waals surface area (Å²) in [6, 6.07) is 10.8. The maximum atomic E-state index is 12.4. The van der Waals surface area contributed by atoms with Gasteiger partial charge >= 0.3 is 12.1 Å². The molecule has 1 aliphatic heterocycles. The number of carboxylic acids is 1. The van der Waals surface area contributed by atoms with Gasteiger partial charge in [-0.25, -0.2) is 9.59 Å². The zero-order valence-electron chi connectivity index (χ0n) is 16.8. The largest absolute Gasteiger partial charge is 0.478 e. The lowest BCUT2D eigenvalue weighted by atomic mass is 10.1. The number of amides is 1. The summed E-state index contributed by atoms with van der Waals surface area (Å²) in [5.74, 6) is -1.17. The summed E-state index contributed by atoms with van der Waals surface area (Å²) in [5.41, 5.74) is 2.90. The number of carboxylic acid groups (broad SMARTS) is 2. The third-order valence-electron chi connectivity index (χ3n) is 4.92. The predicted molar refractivity (Wildman–Crippen MR) is 116 cm³/mol. The van der Waals surface area contributed by atoms with Crippen molar-refractivity contribution in [2.24, 2.45) is 0 Å². The lowest BCUT2D eigenvalue weighted by Gasteiger charge is -2.33. The first-order valence-electron chi connectivity index (χ1n) is 9.79. The van der Waals surface area contributed by atoms with Crippen molar-refractivity contribution in [3.63, 3.8) is 0 Å². The van der Waals surface area contributed by atoms with Gasteiger partial charge in [-0.05, 0) is 35.4 Å². The van der Waals surface area contributed by atoms with Gasteiger partial charge in [0.15, 0.2) is 5.78 Å². The smallest absolute Gasteiger partial charge is 0.407 e. The van der Waals surface area contributed by atoms with Crippen molar-refractivity contribution in [2.45, 2.75) is 6.54 Å². The number of rotatable bonds is 7. The summed E-state index contributed by atoms with van der Waals surface area (Å²) in [6.07, 6.45) is 6.24. The Balaban J connectivity index is 1.53. The average Bonchev–Trinajstić information content (AvgIpc) is 2.77. The minimum Gasteiger partial charge on any atom is -0.478 e. The molecule has 2 heterocycles. The summed E-state index contributed by atoms with van der Waals surface area (Å²) < 4.78 is 0. The predicted octanol–water partition coefficient (Wildman–Crippen LogP) is 2.87. The van der Waals surface area contributed by atoms with Crippen LogP contribution in [-0.2, 0) is 11.3 Å². The Bertz CT molecular complexity index is 989. The molecule has 0 radical (unpaired) electrons. The molecule has 1 aromatic carbocycles. The maximum absolute atomic E-state index is 12.4. The minimum absolute atomic E-state index is 0.128. The minimum atomic E-state index is -1.04. The fourth-order valence-corrected chi connectivity index (χ4v) is 3.17. The Labute approximate surface area is 179 Å². The first-order chi connectivity index (χ1) is 14.9. The molecular weight excluding hydrogens is 398 g/mol. The van der Waals surface area contributed by atoms with E-state index in [-0.39, 0.29) is 5.78 Å². The lowest BCUT2D eigenvalue weighted by molar-refractivity contribution is -0.131. The Hall–Kier alpha value is -3.78. The van der Waals surface area contributed by atoms with Crippen LogP contribution in [0.2, 0.25) is 0 Å². The molecule has 0 bridgehead atoms. The number of hydrogen-bond acceptors (Lipinski definition) is 5. The van der Waals surface area contributed by atoms with Gasteiger partial charge in [-0.1, -0.05) is 30.3 Å². The van der Waals surface area contributed by atoms with Crippen molar-refractivity contribution >= 4 is 30.0 Å². The second-order valence-corrected chi connectivity index (χ2v) is 7.13. The highest BCUT2D eigenvalue weighted by atomic mass is 16.4. The molecule has 2 aromatic rings. The summed E-state index contributed by atoms with van der Waals surface area (Å²) in [5, 5.41) is 17.6. The Morgan fingerprint density at radius 2 is 1.61 bits per heavy atom. The van der Waals surface area contributed by atoms with Crippen molar-refractivity contribution in [3.8, 4) is 0 Å².